The van der Waals surface area contributed by atoms with Gasteiger partial charge in [-0.1, -0.05) is 36.4 Å². The molecule has 0 saturated carbocycles. The maximum absolute atomic E-state index is 4.95. The zero-order chi connectivity index (χ0) is 14.5. The first-order valence-electron chi connectivity index (χ1n) is 8.06. The lowest BCUT2D eigenvalue weighted by molar-refractivity contribution is 1.10. The Morgan fingerprint density at radius 3 is 1.64 bits per heavy atom. The van der Waals surface area contributed by atoms with Crippen molar-refractivity contribution in [2.24, 2.45) is 0 Å². The number of allylic oxidation sites excluding steroid dienone is 4. The number of benzene rings is 2. The second kappa shape index (κ2) is 4.54. The Morgan fingerprint density at radius 2 is 1.09 bits per heavy atom. The molecule has 5 rings (SSSR count). The quantitative estimate of drug-likeness (QED) is 0.430. The zero-order valence-electron chi connectivity index (χ0n) is 12.5. The number of hydrogen-bond acceptors (Lipinski definition) is 1. The summed E-state index contributed by atoms with van der Waals surface area (Å²) in [5.74, 6) is 0. The molecule has 0 atom stereocenters. The van der Waals surface area contributed by atoms with Gasteiger partial charge in [0.2, 0.25) is 0 Å². The van der Waals surface area contributed by atoms with E-state index >= 15 is 0 Å². The largest absolute Gasteiger partial charge is 0.248 e. The van der Waals surface area contributed by atoms with Crippen LogP contribution in [0, 0.1) is 0 Å². The third kappa shape index (κ3) is 1.69. The fourth-order valence-corrected chi connectivity index (χ4v) is 3.87. The molecule has 0 amide bonds. The molecule has 0 saturated heterocycles. The molecule has 1 heterocycles. The summed E-state index contributed by atoms with van der Waals surface area (Å²) in [5.41, 5.74) is 8.12. The minimum atomic E-state index is 1.04. The van der Waals surface area contributed by atoms with E-state index in [1.807, 2.05) is 0 Å². The summed E-state index contributed by atoms with van der Waals surface area (Å²) >= 11 is 0. The molecular weight excluding hydrogens is 266 g/mol. The molecule has 0 fully saturated rings. The Balaban J connectivity index is 1.88. The number of pyridine rings is 1. The van der Waals surface area contributed by atoms with E-state index in [2.05, 4.69) is 54.6 Å². The predicted molar refractivity (Wildman–Crippen MR) is 92.3 cm³/mol. The molecule has 1 nitrogen and oxygen atoms in total. The van der Waals surface area contributed by atoms with Crippen molar-refractivity contribution in [2.45, 2.75) is 25.7 Å². The van der Waals surface area contributed by atoms with Crippen LogP contribution in [0.25, 0.3) is 21.8 Å². The van der Waals surface area contributed by atoms with Crippen molar-refractivity contribution in [1.29, 1.82) is 0 Å². The van der Waals surface area contributed by atoms with Gasteiger partial charge in [0, 0.05) is 10.8 Å². The van der Waals surface area contributed by atoms with E-state index in [9.17, 15) is 0 Å². The van der Waals surface area contributed by atoms with Crippen LogP contribution >= 0.6 is 0 Å². The first-order chi connectivity index (χ1) is 10.9. The summed E-state index contributed by atoms with van der Waals surface area (Å²) in [7, 11) is 0. The van der Waals surface area contributed by atoms with Gasteiger partial charge in [0.1, 0.15) is 0 Å². The number of nitrogens with zero attached hydrogens (tertiary/aromatic N) is 1. The summed E-state index contributed by atoms with van der Waals surface area (Å²) in [6.45, 7) is 0. The number of hydrogen-bond donors (Lipinski definition) is 0. The average Bonchev–Trinajstić information content (AvgIpc) is 2.60. The molecular formula is C21H17N. The molecule has 0 aliphatic heterocycles. The first kappa shape index (κ1) is 12.2. The van der Waals surface area contributed by atoms with E-state index in [4.69, 9.17) is 4.98 Å². The van der Waals surface area contributed by atoms with Gasteiger partial charge in [-0.15, -0.1) is 0 Å². The van der Waals surface area contributed by atoms with Gasteiger partial charge in [-0.05, 0) is 66.1 Å². The maximum Gasteiger partial charge on any atom is 0.0712 e. The molecule has 0 bridgehead atoms. The molecule has 1 aromatic heterocycles. The predicted octanol–water partition coefficient (Wildman–Crippen LogP) is 4.70. The molecule has 22 heavy (non-hydrogen) atoms. The minimum Gasteiger partial charge on any atom is -0.248 e. The average molecular weight is 283 g/mol. The summed E-state index contributed by atoms with van der Waals surface area (Å²) < 4.78 is 0. The number of rotatable bonds is 0. The summed E-state index contributed by atoms with van der Waals surface area (Å²) in [4.78, 5) is 4.95. The Kier molecular flexibility index (Phi) is 2.51. The normalized spacial score (nSPS) is 16.0. The van der Waals surface area contributed by atoms with Gasteiger partial charge in [0.25, 0.3) is 0 Å². The Morgan fingerprint density at radius 1 is 0.591 bits per heavy atom. The highest BCUT2D eigenvalue weighted by atomic mass is 14.7. The second-order valence-electron chi connectivity index (χ2n) is 6.29. The van der Waals surface area contributed by atoms with Crippen molar-refractivity contribution in [3.63, 3.8) is 0 Å². The van der Waals surface area contributed by atoms with Crippen LogP contribution in [0.2, 0.25) is 0 Å². The molecule has 0 radical (unpaired) electrons. The molecule has 0 unspecified atom stereocenters. The van der Waals surface area contributed by atoms with Gasteiger partial charge in [0.15, 0.2) is 0 Å². The van der Waals surface area contributed by atoms with Crippen LogP contribution < -0.4 is 0 Å². The molecule has 2 aliphatic carbocycles. The van der Waals surface area contributed by atoms with Gasteiger partial charge < -0.3 is 0 Å². The third-order valence-electron chi connectivity index (χ3n) is 5.04. The summed E-state index contributed by atoms with van der Waals surface area (Å²) in [5, 5.41) is 2.69. The lowest BCUT2D eigenvalue weighted by Crippen LogP contribution is -2.02. The smallest absolute Gasteiger partial charge is 0.0712 e. The fourth-order valence-electron chi connectivity index (χ4n) is 3.87. The van der Waals surface area contributed by atoms with E-state index in [-0.39, 0.29) is 0 Å². The molecule has 0 N–H and O–H groups in total. The Hall–Kier alpha value is -2.41. The van der Waals surface area contributed by atoms with Crippen LogP contribution in [-0.2, 0) is 25.7 Å². The SMILES string of the molecule is C1=CCc2c(ccc3nc4ccc5c(c4cc23)CC=CC5)C1. The Labute approximate surface area is 130 Å². The van der Waals surface area contributed by atoms with E-state index in [1.165, 1.54) is 33.0 Å². The van der Waals surface area contributed by atoms with Crippen molar-refractivity contribution in [3.8, 4) is 0 Å². The lowest BCUT2D eigenvalue weighted by Gasteiger charge is -2.17. The molecule has 106 valence electrons. The van der Waals surface area contributed by atoms with Crippen molar-refractivity contribution >= 4 is 21.8 Å². The molecule has 2 aliphatic rings. The van der Waals surface area contributed by atoms with E-state index in [1.54, 1.807) is 0 Å². The van der Waals surface area contributed by atoms with Gasteiger partial charge in [-0.25, -0.2) is 4.98 Å². The number of fused-ring (bicyclic) bond motifs is 6. The summed E-state index contributed by atoms with van der Waals surface area (Å²) in [6, 6.07) is 11.3. The molecule has 0 spiro atoms. The highest BCUT2D eigenvalue weighted by Gasteiger charge is 2.14. The maximum atomic E-state index is 4.95. The zero-order valence-corrected chi connectivity index (χ0v) is 12.5. The van der Waals surface area contributed by atoms with E-state index < -0.39 is 0 Å². The van der Waals surface area contributed by atoms with Crippen molar-refractivity contribution in [2.75, 3.05) is 0 Å². The third-order valence-corrected chi connectivity index (χ3v) is 5.04. The van der Waals surface area contributed by atoms with Crippen LogP contribution in [0.1, 0.15) is 22.3 Å². The lowest BCUT2D eigenvalue weighted by atomic mass is 9.89. The van der Waals surface area contributed by atoms with Crippen LogP contribution in [0.5, 0.6) is 0 Å². The van der Waals surface area contributed by atoms with Crippen LogP contribution in [0.15, 0.2) is 54.6 Å². The fraction of sp³-hybridized carbons (Fsp3) is 0.190. The molecule has 3 aromatic rings. The van der Waals surface area contributed by atoms with Crippen molar-refractivity contribution in [3.05, 3.63) is 76.9 Å². The van der Waals surface area contributed by atoms with Crippen molar-refractivity contribution < 1.29 is 0 Å². The summed E-state index contributed by atoms with van der Waals surface area (Å²) in [6.07, 6.45) is 13.3. The standard InChI is InChI=1S/C21H17N/c1-3-7-16-14(5-1)9-11-20-18(16)13-19-17-8-4-2-6-15(17)10-12-21(19)22-20/h1-4,9-13H,5-8H2. The van der Waals surface area contributed by atoms with E-state index in [0.717, 1.165) is 36.7 Å². The van der Waals surface area contributed by atoms with Crippen molar-refractivity contribution in [1.82, 2.24) is 4.98 Å². The van der Waals surface area contributed by atoms with Gasteiger partial charge in [0.05, 0.1) is 11.0 Å². The monoisotopic (exact) mass is 283 g/mol. The van der Waals surface area contributed by atoms with Gasteiger partial charge in [-0.3, -0.25) is 0 Å². The minimum absolute atomic E-state index is 1.04. The van der Waals surface area contributed by atoms with Crippen LogP contribution in [-0.4, -0.2) is 4.98 Å². The van der Waals surface area contributed by atoms with Gasteiger partial charge >= 0.3 is 0 Å². The highest BCUT2D eigenvalue weighted by Crippen LogP contribution is 2.32. The van der Waals surface area contributed by atoms with Crippen LogP contribution in [0.3, 0.4) is 0 Å². The molecule has 2 aromatic carbocycles. The topological polar surface area (TPSA) is 12.9 Å². The van der Waals surface area contributed by atoms with Crippen LogP contribution in [0.4, 0.5) is 0 Å². The van der Waals surface area contributed by atoms with Gasteiger partial charge in [-0.2, -0.15) is 0 Å². The Bertz CT molecular complexity index is 899. The highest BCUT2D eigenvalue weighted by molar-refractivity contribution is 5.97. The first-order valence-corrected chi connectivity index (χ1v) is 8.06. The number of aromatic nitrogens is 1. The van der Waals surface area contributed by atoms with E-state index in [0.29, 0.717) is 0 Å². The second-order valence-corrected chi connectivity index (χ2v) is 6.29. The molecule has 1 heteroatoms.